The third-order valence-corrected chi connectivity index (χ3v) is 5.84. The fraction of sp³-hybridized carbons (Fsp3) is 0.286. The first-order chi connectivity index (χ1) is 14.4. The van der Waals surface area contributed by atoms with E-state index >= 15 is 0 Å². The van der Waals surface area contributed by atoms with Crippen LogP contribution in [0.15, 0.2) is 42.5 Å². The number of halogens is 2. The smallest absolute Gasteiger partial charge is 0.387 e. The number of amides is 2. The number of thiazole rings is 1. The molecule has 9 heteroatoms. The largest absolute Gasteiger partial charge is 0.435 e. The lowest BCUT2D eigenvalue weighted by Crippen LogP contribution is -2.41. The maximum atomic E-state index is 12.8. The van der Waals surface area contributed by atoms with Crippen molar-refractivity contribution in [3.63, 3.8) is 0 Å². The monoisotopic (exact) mass is 431 g/mol. The number of carbonyl (C=O) groups is 2. The fourth-order valence-corrected chi connectivity index (χ4v) is 4.42. The van der Waals surface area contributed by atoms with E-state index in [1.54, 1.807) is 12.1 Å². The van der Waals surface area contributed by atoms with E-state index in [-0.39, 0.29) is 30.5 Å². The van der Waals surface area contributed by atoms with Crippen molar-refractivity contribution < 1.29 is 23.1 Å². The molecule has 0 saturated carbocycles. The Balaban J connectivity index is 1.45. The number of hydrogen-bond donors (Lipinski definition) is 1. The molecule has 2 aromatic carbocycles. The molecule has 1 N–H and O–H groups in total. The zero-order valence-electron chi connectivity index (χ0n) is 16.1. The number of likely N-dealkylation sites (tertiary alicyclic amines) is 1. The summed E-state index contributed by atoms with van der Waals surface area (Å²) >= 11 is 1.39. The number of aryl methyl sites for hydroxylation is 1. The molecular formula is C21H19F2N3O3S. The predicted molar refractivity (Wildman–Crippen MR) is 110 cm³/mol. The molecule has 1 saturated heterocycles. The summed E-state index contributed by atoms with van der Waals surface area (Å²) in [6.45, 7) is -0.688. The molecule has 3 aromatic rings. The number of aromatic nitrogens is 1. The molecule has 4 rings (SSSR count). The number of fused-ring (bicyclic) bond motifs is 1. The van der Waals surface area contributed by atoms with Gasteiger partial charge in [-0.25, -0.2) is 4.98 Å². The number of ether oxygens (including phenoxy) is 1. The second-order valence-electron chi connectivity index (χ2n) is 7.08. The number of nitrogens with zero attached hydrogens (tertiary/aromatic N) is 2. The molecule has 0 aliphatic carbocycles. The lowest BCUT2D eigenvalue weighted by atomic mass is 10.1. The normalized spacial score (nSPS) is 16.5. The Hall–Kier alpha value is -3.07. The Kier molecular flexibility index (Phi) is 5.63. The van der Waals surface area contributed by atoms with Gasteiger partial charge in [-0.05, 0) is 48.7 Å². The summed E-state index contributed by atoms with van der Waals surface area (Å²) in [5.74, 6) is -0.362. The highest BCUT2D eigenvalue weighted by atomic mass is 32.1. The van der Waals surface area contributed by atoms with E-state index in [2.05, 4.69) is 15.0 Å². The summed E-state index contributed by atoms with van der Waals surface area (Å²) in [5.41, 5.74) is 2.65. The zero-order valence-corrected chi connectivity index (χ0v) is 16.9. The van der Waals surface area contributed by atoms with Gasteiger partial charge in [-0.2, -0.15) is 8.78 Å². The zero-order chi connectivity index (χ0) is 21.3. The molecule has 30 heavy (non-hydrogen) atoms. The van der Waals surface area contributed by atoms with Crippen LogP contribution in [0.25, 0.3) is 10.2 Å². The van der Waals surface area contributed by atoms with Gasteiger partial charge in [0, 0.05) is 13.0 Å². The van der Waals surface area contributed by atoms with E-state index in [1.807, 2.05) is 25.1 Å². The first-order valence-corrected chi connectivity index (χ1v) is 10.2. The highest BCUT2D eigenvalue weighted by molar-refractivity contribution is 7.22. The summed E-state index contributed by atoms with van der Waals surface area (Å²) in [5, 5.41) is 3.32. The third kappa shape index (κ3) is 4.40. The summed E-state index contributed by atoms with van der Waals surface area (Å²) < 4.78 is 29.9. The van der Waals surface area contributed by atoms with Gasteiger partial charge in [0.15, 0.2) is 5.13 Å². The van der Waals surface area contributed by atoms with E-state index in [1.165, 1.54) is 28.4 Å². The minimum absolute atomic E-state index is 0.0434. The van der Waals surface area contributed by atoms with Crippen molar-refractivity contribution in [1.82, 2.24) is 9.88 Å². The molecule has 2 amide bonds. The molecule has 1 aromatic heterocycles. The van der Waals surface area contributed by atoms with Crippen molar-refractivity contribution in [1.29, 1.82) is 0 Å². The molecule has 0 bridgehead atoms. The van der Waals surface area contributed by atoms with Crippen LogP contribution >= 0.6 is 11.3 Å². The summed E-state index contributed by atoms with van der Waals surface area (Å²) in [7, 11) is 0. The van der Waals surface area contributed by atoms with Gasteiger partial charge in [0.05, 0.1) is 10.2 Å². The number of alkyl halides is 2. The summed E-state index contributed by atoms with van der Waals surface area (Å²) in [6.07, 6.45) is 0.699. The van der Waals surface area contributed by atoms with Crippen molar-refractivity contribution in [3.8, 4) is 5.75 Å². The Morgan fingerprint density at radius 2 is 2.07 bits per heavy atom. The maximum absolute atomic E-state index is 12.8. The quantitative estimate of drug-likeness (QED) is 0.631. The van der Waals surface area contributed by atoms with Crippen LogP contribution in [0.5, 0.6) is 5.75 Å². The van der Waals surface area contributed by atoms with Gasteiger partial charge < -0.3 is 15.0 Å². The highest BCUT2D eigenvalue weighted by Gasteiger charge is 2.36. The van der Waals surface area contributed by atoms with Gasteiger partial charge in [0.2, 0.25) is 11.8 Å². The molecule has 0 spiro atoms. The third-order valence-electron chi connectivity index (χ3n) is 4.91. The van der Waals surface area contributed by atoms with Crippen LogP contribution in [0.4, 0.5) is 13.9 Å². The predicted octanol–water partition coefficient (Wildman–Crippen LogP) is 4.34. The number of rotatable bonds is 6. The van der Waals surface area contributed by atoms with E-state index < -0.39 is 12.7 Å². The van der Waals surface area contributed by atoms with Gasteiger partial charge in [-0.15, -0.1) is 0 Å². The average Bonchev–Trinajstić information content (AvgIpc) is 3.25. The van der Waals surface area contributed by atoms with Crippen LogP contribution in [0.2, 0.25) is 0 Å². The number of carbonyl (C=O) groups excluding carboxylic acids is 2. The molecule has 0 radical (unpaired) electrons. The van der Waals surface area contributed by atoms with Crippen molar-refractivity contribution >= 4 is 38.5 Å². The number of nitrogens with one attached hydrogen (secondary N) is 1. The van der Waals surface area contributed by atoms with Crippen LogP contribution in [-0.4, -0.2) is 34.4 Å². The van der Waals surface area contributed by atoms with Crippen LogP contribution in [-0.2, 0) is 16.1 Å². The van der Waals surface area contributed by atoms with Crippen LogP contribution in [0.3, 0.4) is 0 Å². The molecule has 0 unspecified atom stereocenters. The van der Waals surface area contributed by atoms with Crippen molar-refractivity contribution in [2.45, 2.75) is 39.0 Å². The highest BCUT2D eigenvalue weighted by Crippen LogP contribution is 2.29. The minimum Gasteiger partial charge on any atom is -0.435 e. The minimum atomic E-state index is -2.89. The summed E-state index contributed by atoms with van der Waals surface area (Å²) in [6, 6.07) is 11.3. The van der Waals surface area contributed by atoms with E-state index in [0.29, 0.717) is 11.6 Å². The molecule has 156 valence electrons. The second kappa shape index (κ2) is 8.35. The van der Waals surface area contributed by atoms with Gasteiger partial charge >= 0.3 is 6.61 Å². The lowest BCUT2D eigenvalue weighted by molar-refractivity contribution is -0.133. The van der Waals surface area contributed by atoms with Gasteiger partial charge in [-0.3, -0.25) is 9.59 Å². The van der Waals surface area contributed by atoms with Crippen LogP contribution < -0.4 is 10.1 Å². The molecule has 6 nitrogen and oxygen atoms in total. The molecule has 1 aliphatic heterocycles. The molecule has 1 aliphatic rings. The van der Waals surface area contributed by atoms with Gasteiger partial charge in [0.1, 0.15) is 11.8 Å². The molecule has 1 atom stereocenters. The first kappa shape index (κ1) is 20.2. The van der Waals surface area contributed by atoms with Crippen molar-refractivity contribution in [2.24, 2.45) is 0 Å². The second-order valence-corrected chi connectivity index (χ2v) is 8.11. The van der Waals surface area contributed by atoms with Gasteiger partial charge in [-0.1, -0.05) is 29.5 Å². The first-order valence-electron chi connectivity index (χ1n) is 9.40. The van der Waals surface area contributed by atoms with Crippen molar-refractivity contribution in [2.75, 3.05) is 5.32 Å². The Morgan fingerprint density at radius 1 is 1.30 bits per heavy atom. The van der Waals surface area contributed by atoms with Crippen LogP contribution in [0.1, 0.15) is 24.0 Å². The van der Waals surface area contributed by atoms with E-state index in [0.717, 1.165) is 21.3 Å². The Morgan fingerprint density at radius 3 is 2.80 bits per heavy atom. The topological polar surface area (TPSA) is 71.5 Å². The van der Waals surface area contributed by atoms with Crippen LogP contribution in [0, 0.1) is 6.92 Å². The van der Waals surface area contributed by atoms with Crippen molar-refractivity contribution in [3.05, 3.63) is 53.6 Å². The fourth-order valence-electron chi connectivity index (χ4n) is 3.45. The van der Waals surface area contributed by atoms with Gasteiger partial charge in [0.25, 0.3) is 0 Å². The molecular weight excluding hydrogens is 412 g/mol. The average molecular weight is 431 g/mol. The maximum Gasteiger partial charge on any atom is 0.387 e. The lowest BCUT2D eigenvalue weighted by Gasteiger charge is -2.23. The number of hydrogen-bond acceptors (Lipinski definition) is 5. The Labute approximate surface area is 175 Å². The van der Waals surface area contributed by atoms with E-state index in [9.17, 15) is 18.4 Å². The van der Waals surface area contributed by atoms with E-state index in [4.69, 9.17) is 0 Å². The SMILES string of the molecule is Cc1ccc2nc(NC(=O)[C@@H]3CCC(=O)N3Cc3ccc(OC(F)F)cc3)sc2c1. The summed E-state index contributed by atoms with van der Waals surface area (Å²) in [4.78, 5) is 31.1. The standard InChI is InChI=1S/C21H19F2N3O3S/c1-12-2-7-15-17(10-12)30-21(24-15)25-19(28)16-8-9-18(27)26(16)11-13-3-5-14(6-4-13)29-20(22)23/h2-7,10,16,20H,8-9,11H2,1H3,(H,24,25,28)/t16-/m0/s1. The number of benzene rings is 2. The Bertz CT molecular complexity index is 1080. The number of anilines is 1. The molecule has 1 fully saturated rings. The molecule has 2 heterocycles.